The molecule has 2 amide bonds. The molecule has 0 bridgehead atoms. The number of benzene rings is 1. The minimum absolute atomic E-state index is 0.00883. The van der Waals surface area contributed by atoms with Crippen molar-refractivity contribution >= 4 is 17.8 Å². The van der Waals surface area contributed by atoms with Gasteiger partial charge in [0.1, 0.15) is 5.75 Å². The summed E-state index contributed by atoms with van der Waals surface area (Å²) in [5, 5.41) is 8.89. The normalized spacial score (nSPS) is 12.8. The van der Waals surface area contributed by atoms with Crippen molar-refractivity contribution in [2.45, 2.75) is 40.0 Å². The molecule has 0 saturated carbocycles. The SMILES string of the molecule is CCC(C)(CC(=O)O)CC(=O)NNC(=O)COc1ccc(C)cc1. The van der Waals surface area contributed by atoms with E-state index in [9.17, 15) is 14.4 Å². The van der Waals surface area contributed by atoms with E-state index in [-0.39, 0.29) is 19.4 Å². The third-order valence-electron chi connectivity index (χ3n) is 3.75. The number of aliphatic carboxylic acids is 1. The number of aryl methyl sites for hydroxylation is 1. The molecule has 1 aromatic rings. The van der Waals surface area contributed by atoms with Gasteiger partial charge < -0.3 is 9.84 Å². The molecule has 132 valence electrons. The van der Waals surface area contributed by atoms with Crippen LogP contribution in [0.5, 0.6) is 5.75 Å². The molecule has 0 aliphatic carbocycles. The number of nitrogens with one attached hydrogen (secondary N) is 2. The molecule has 0 heterocycles. The zero-order chi connectivity index (χ0) is 18.2. The molecule has 1 aromatic carbocycles. The van der Waals surface area contributed by atoms with Crippen molar-refractivity contribution in [1.82, 2.24) is 10.9 Å². The van der Waals surface area contributed by atoms with E-state index in [1.807, 2.05) is 26.0 Å². The summed E-state index contributed by atoms with van der Waals surface area (Å²) >= 11 is 0. The standard InChI is InChI=1S/C17H24N2O5/c1-4-17(3,10-16(22)23)9-14(20)18-19-15(21)11-24-13-7-5-12(2)6-8-13/h5-8H,4,9-11H2,1-3H3,(H,18,20)(H,19,21)(H,22,23). The third kappa shape index (κ3) is 7.13. The summed E-state index contributed by atoms with van der Waals surface area (Å²) in [4.78, 5) is 34.4. The highest BCUT2D eigenvalue weighted by molar-refractivity contribution is 5.83. The number of rotatable bonds is 8. The number of ether oxygens (including phenoxy) is 1. The monoisotopic (exact) mass is 336 g/mol. The van der Waals surface area contributed by atoms with Crippen LogP contribution in [0.3, 0.4) is 0 Å². The molecule has 0 spiro atoms. The molecule has 0 radical (unpaired) electrons. The molecule has 0 aliphatic rings. The Balaban J connectivity index is 2.36. The van der Waals surface area contributed by atoms with E-state index >= 15 is 0 Å². The number of carboxylic acids is 1. The average Bonchev–Trinajstić information content (AvgIpc) is 2.51. The maximum Gasteiger partial charge on any atom is 0.303 e. The fourth-order valence-corrected chi connectivity index (χ4v) is 2.07. The molecular weight excluding hydrogens is 312 g/mol. The molecule has 3 N–H and O–H groups in total. The van der Waals surface area contributed by atoms with Crippen LogP contribution in [-0.4, -0.2) is 29.5 Å². The smallest absolute Gasteiger partial charge is 0.303 e. The van der Waals surface area contributed by atoms with E-state index in [0.29, 0.717) is 12.2 Å². The van der Waals surface area contributed by atoms with Crippen LogP contribution in [0.4, 0.5) is 0 Å². The van der Waals surface area contributed by atoms with Crippen LogP contribution in [0.2, 0.25) is 0 Å². The largest absolute Gasteiger partial charge is 0.484 e. The molecule has 24 heavy (non-hydrogen) atoms. The molecule has 0 saturated heterocycles. The number of carbonyl (C=O) groups is 3. The highest BCUT2D eigenvalue weighted by Crippen LogP contribution is 2.29. The van der Waals surface area contributed by atoms with Crippen LogP contribution in [0, 0.1) is 12.3 Å². The summed E-state index contributed by atoms with van der Waals surface area (Å²) in [6.45, 7) is 5.26. The molecular formula is C17H24N2O5. The minimum Gasteiger partial charge on any atom is -0.484 e. The molecule has 0 fully saturated rings. The van der Waals surface area contributed by atoms with Crippen LogP contribution in [-0.2, 0) is 14.4 Å². The fourth-order valence-electron chi connectivity index (χ4n) is 2.07. The fraction of sp³-hybridized carbons (Fsp3) is 0.471. The minimum atomic E-state index is -0.956. The van der Waals surface area contributed by atoms with Gasteiger partial charge in [0.2, 0.25) is 5.91 Å². The van der Waals surface area contributed by atoms with Crippen LogP contribution < -0.4 is 15.6 Å². The maximum atomic E-state index is 11.9. The van der Waals surface area contributed by atoms with E-state index in [0.717, 1.165) is 5.56 Å². The Bertz CT molecular complexity index is 585. The van der Waals surface area contributed by atoms with Crippen molar-refractivity contribution in [2.24, 2.45) is 5.41 Å². The molecule has 0 aliphatic heterocycles. The molecule has 7 heteroatoms. The number of hydrazine groups is 1. The predicted octanol–water partition coefficient (Wildman–Crippen LogP) is 1.80. The van der Waals surface area contributed by atoms with E-state index in [2.05, 4.69) is 10.9 Å². The van der Waals surface area contributed by atoms with Gasteiger partial charge in [-0.25, -0.2) is 0 Å². The van der Waals surface area contributed by atoms with Crippen LogP contribution >= 0.6 is 0 Å². The Kier molecular flexibility index (Phi) is 7.23. The van der Waals surface area contributed by atoms with E-state index in [4.69, 9.17) is 9.84 Å². The number of amides is 2. The second-order valence-corrected chi connectivity index (χ2v) is 6.11. The van der Waals surface area contributed by atoms with Gasteiger partial charge in [-0.2, -0.15) is 0 Å². The van der Waals surface area contributed by atoms with Gasteiger partial charge in [0.15, 0.2) is 6.61 Å². The van der Waals surface area contributed by atoms with Gasteiger partial charge in [-0.3, -0.25) is 25.2 Å². The summed E-state index contributed by atoms with van der Waals surface area (Å²) in [5.74, 6) is -1.34. The Morgan fingerprint density at radius 3 is 2.21 bits per heavy atom. The Morgan fingerprint density at radius 2 is 1.67 bits per heavy atom. The van der Waals surface area contributed by atoms with Crippen LogP contribution in [0.25, 0.3) is 0 Å². The second-order valence-electron chi connectivity index (χ2n) is 6.11. The van der Waals surface area contributed by atoms with Crippen LogP contribution in [0.15, 0.2) is 24.3 Å². The van der Waals surface area contributed by atoms with E-state index in [1.54, 1.807) is 19.1 Å². The lowest BCUT2D eigenvalue weighted by Crippen LogP contribution is -2.45. The number of hydrogen-bond acceptors (Lipinski definition) is 4. The third-order valence-corrected chi connectivity index (χ3v) is 3.75. The van der Waals surface area contributed by atoms with Crippen molar-refractivity contribution in [1.29, 1.82) is 0 Å². The molecule has 1 atom stereocenters. The van der Waals surface area contributed by atoms with Crippen molar-refractivity contribution in [3.8, 4) is 5.75 Å². The lowest BCUT2D eigenvalue weighted by molar-refractivity contribution is -0.140. The van der Waals surface area contributed by atoms with Crippen molar-refractivity contribution in [3.63, 3.8) is 0 Å². The van der Waals surface area contributed by atoms with Crippen molar-refractivity contribution < 1.29 is 24.2 Å². The van der Waals surface area contributed by atoms with Gasteiger partial charge in [0, 0.05) is 6.42 Å². The number of carbonyl (C=O) groups excluding carboxylic acids is 2. The first-order chi connectivity index (χ1) is 11.2. The molecule has 0 aromatic heterocycles. The highest BCUT2D eigenvalue weighted by Gasteiger charge is 2.28. The van der Waals surface area contributed by atoms with Gasteiger partial charge >= 0.3 is 5.97 Å². The van der Waals surface area contributed by atoms with Gasteiger partial charge in [-0.15, -0.1) is 0 Å². The first kappa shape index (κ1) is 19.5. The number of carboxylic acid groups (broad SMARTS) is 1. The number of hydrogen-bond donors (Lipinski definition) is 3. The zero-order valence-corrected chi connectivity index (χ0v) is 14.2. The van der Waals surface area contributed by atoms with Gasteiger partial charge in [-0.05, 0) is 30.9 Å². The molecule has 1 rings (SSSR count). The average molecular weight is 336 g/mol. The first-order valence-electron chi connectivity index (χ1n) is 7.73. The topological polar surface area (TPSA) is 105 Å². The van der Waals surface area contributed by atoms with Crippen molar-refractivity contribution in [2.75, 3.05) is 6.61 Å². The Morgan fingerprint density at radius 1 is 1.08 bits per heavy atom. The molecule has 1 unspecified atom stereocenters. The first-order valence-corrected chi connectivity index (χ1v) is 7.73. The van der Waals surface area contributed by atoms with E-state index < -0.39 is 23.2 Å². The summed E-state index contributed by atoms with van der Waals surface area (Å²) in [5.41, 5.74) is 4.96. The predicted molar refractivity (Wildman–Crippen MR) is 88.2 cm³/mol. The summed E-state index contributed by atoms with van der Waals surface area (Å²) in [6.07, 6.45) is 0.438. The van der Waals surface area contributed by atoms with Gasteiger partial charge in [0.25, 0.3) is 5.91 Å². The zero-order valence-electron chi connectivity index (χ0n) is 14.2. The highest BCUT2D eigenvalue weighted by atomic mass is 16.5. The summed E-state index contributed by atoms with van der Waals surface area (Å²) in [7, 11) is 0. The Hall–Kier alpha value is -2.57. The Labute approximate surface area is 141 Å². The lowest BCUT2D eigenvalue weighted by Gasteiger charge is -2.25. The lowest BCUT2D eigenvalue weighted by atomic mass is 9.80. The van der Waals surface area contributed by atoms with E-state index in [1.165, 1.54) is 0 Å². The van der Waals surface area contributed by atoms with Gasteiger partial charge in [0.05, 0.1) is 6.42 Å². The molecule has 7 nitrogen and oxygen atoms in total. The second kappa shape index (κ2) is 8.90. The quantitative estimate of drug-likeness (QED) is 0.628. The van der Waals surface area contributed by atoms with Crippen LogP contribution in [0.1, 0.15) is 38.7 Å². The van der Waals surface area contributed by atoms with Crippen molar-refractivity contribution in [3.05, 3.63) is 29.8 Å². The van der Waals surface area contributed by atoms with Gasteiger partial charge in [-0.1, -0.05) is 31.5 Å². The summed E-state index contributed by atoms with van der Waals surface area (Å²) < 4.78 is 5.29. The maximum absolute atomic E-state index is 11.9. The summed E-state index contributed by atoms with van der Waals surface area (Å²) in [6, 6.07) is 7.23.